The molecule has 58 heavy (non-hydrogen) atoms. The van der Waals surface area contributed by atoms with Crippen LogP contribution in [0, 0.1) is 41.3 Å². The van der Waals surface area contributed by atoms with E-state index in [-0.39, 0.29) is 41.3 Å². The van der Waals surface area contributed by atoms with Gasteiger partial charge < -0.3 is 15.3 Å². The number of hydrogen-bond acceptors (Lipinski definition) is 6. The Kier molecular flexibility index (Phi) is 19.8. The number of aliphatic hydroxyl groups is 3. The Morgan fingerprint density at radius 3 is 0.500 bits per heavy atom. The number of ketones is 3. The average Bonchev–Trinajstić information content (AvgIpc) is 2.93. The van der Waals surface area contributed by atoms with Gasteiger partial charge in [-0.1, -0.05) is 0 Å². The van der Waals surface area contributed by atoms with Crippen LogP contribution in [0.1, 0.15) is 0 Å². The largest absolute Gasteiger partial charge is 0.506 e. The van der Waals surface area contributed by atoms with Crippen LogP contribution in [0.3, 0.4) is 0 Å². The van der Waals surface area contributed by atoms with Crippen molar-refractivity contribution in [3.8, 4) is 0 Å². The first-order valence-electron chi connectivity index (χ1n) is 11.7. The number of carbonyl (C=O) groups is 3. The first kappa shape index (κ1) is 61.6. The summed E-state index contributed by atoms with van der Waals surface area (Å²) in [6.45, 7) is 0. The van der Waals surface area contributed by atoms with Gasteiger partial charge in [-0.3, -0.25) is 14.4 Å². The van der Waals surface area contributed by atoms with E-state index in [4.69, 9.17) is 15.3 Å². The van der Waals surface area contributed by atoms with Crippen molar-refractivity contribution in [3.05, 3.63) is 35.5 Å². The molecule has 0 unspecified atom stereocenters. The fourth-order valence-electron chi connectivity index (χ4n) is 1.91. The van der Waals surface area contributed by atoms with Crippen LogP contribution in [0.5, 0.6) is 0 Å². The molecule has 0 aromatic carbocycles. The van der Waals surface area contributed by atoms with Crippen molar-refractivity contribution in [2.45, 2.75) is 72.6 Å². The Labute approximate surface area is 327 Å². The molecule has 0 aromatic rings. The summed E-state index contributed by atoms with van der Waals surface area (Å²) in [5.41, 5.74) is 0. The zero-order valence-corrected chi connectivity index (χ0v) is 28.9. The van der Waals surface area contributed by atoms with Crippen LogP contribution in [0.2, 0.25) is 0 Å². The molecule has 1 radical (unpaired) electrons. The number of aliphatic hydroxyl groups excluding tert-OH is 3. The van der Waals surface area contributed by atoms with Crippen LogP contribution in [-0.4, -0.2) is 105 Å². The molecule has 0 aromatic heterocycles. The Balaban J connectivity index is -0.000000374. The first-order chi connectivity index (χ1) is 24.1. The number of halogens is 30. The molecule has 0 fully saturated rings. The second kappa shape index (κ2) is 18.7. The van der Waals surface area contributed by atoms with Crippen molar-refractivity contribution < 1.29 is 203 Å². The second-order valence-corrected chi connectivity index (χ2v) is 9.11. The van der Waals surface area contributed by atoms with Crippen LogP contribution >= 0.6 is 0 Å². The molecule has 0 rings (SSSR count). The van der Waals surface area contributed by atoms with E-state index in [9.17, 15) is 146 Å². The fraction of sp³-hybridized carbons (Fsp3) is 0.571. The van der Waals surface area contributed by atoms with Crippen LogP contribution in [0.25, 0.3) is 0 Å². The fourth-order valence-corrected chi connectivity index (χ4v) is 1.91. The number of carbonyl (C=O) groups excluding carboxylic acids is 3. The third-order valence-corrected chi connectivity index (χ3v) is 4.86. The Hall–Kier alpha value is -3.11. The van der Waals surface area contributed by atoms with Gasteiger partial charge in [-0.25, -0.2) is 0 Å². The zero-order valence-electron chi connectivity index (χ0n) is 25.2. The van der Waals surface area contributed by atoms with E-state index >= 15 is 0 Å². The average molecular weight is 1070 g/mol. The van der Waals surface area contributed by atoms with Crippen molar-refractivity contribution in [1.82, 2.24) is 0 Å². The summed E-state index contributed by atoms with van der Waals surface area (Å²) in [6, 6.07) is 0. The van der Waals surface area contributed by atoms with Crippen molar-refractivity contribution in [1.29, 1.82) is 0 Å². The van der Waals surface area contributed by atoms with E-state index < -0.39 is 125 Å². The van der Waals surface area contributed by atoms with Crippen LogP contribution in [-0.2, 0) is 14.4 Å². The van der Waals surface area contributed by atoms with Gasteiger partial charge in [-0.2, -0.15) is 132 Å². The zero-order chi connectivity index (χ0) is 47.6. The molecular formula is C21H6F30O6Pr. The predicted molar refractivity (Wildman–Crippen MR) is 113 cm³/mol. The van der Waals surface area contributed by atoms with Crippen molar-refractivity contribution in [3.63, 3.8) is 0 Å². The minimum Gasteiger partial charge on any atom is -0.506 e. The summed E-state index contributed by atoms with van der Waals surface area (Å²) in [4.78, 5) is 30.2. The molecule has 0 aliphatic heterocycles. The maximum absolute atomic E-state index is 12.5. The van der Waals surface area contributed by atoms with Crippen molar-refractivity contribution in [2.75, 3.05) is 0 Å². The molecule has 0 heterocycles. The van der Waals surface area contributed by atoms with E-state index in [1.165, 1.54) is 0 Å². The minimum absolute atomic E-state index is 0. The quantitative estimate of drug-likeness (QED) is 0.121. The molecule has 37 heteroatoms. The summed E-state index contributed by atoms with van der Waals surface area (Å²) in [6.07, 6.45) is -42.3. The molecule has 0 amide bonds. The smallest absolute Gasteiger partial charge is 0.460 e. The van der Waals surface area contributed by atoms with Gasteiger partial charge in [0.1, 0.15) is 0 Å². The monoisotopic (exact) mass is 1060 g/mol. The Morgan fingerprint density at radius 1 is 0.293 bits per heavy atom. The van der Waals surface area contributed by atoms with Gasteiger partial charge >= 0.3 is 72.6 Å². The van der Waals surface area contributed by atoms with Gasteiger partial charge in [0.05, 0.1) is 0 Å². The van der Waals surface area contributed by atoms with Gasteiger partial charge in [0.2, 0.25) is 0 Å². The topological polar surface area (TPSA) is 112 Å². The van der Waals surface area contributed by atoms with Gasteiger partial charge in [0, 0.05) is 59.5 Å². The molecule has 3 N–H and O–H groups in total. The van der Waals surface area contributed by atoms with Gasteiger partial charge in [-0.15, -0.1) is 0 Å². The predicted octanol–water partition coefficient (Wildman–Crippen LogP) is 10.2. The normalized spacial score (nSPS) is 15.3. The summed E-state index contributed by atoms with van der Waals surface area (Å²) in [5.74, 6) is -59.5. The summed E-state index contributed by atoms with van der Waals surface area (Å²) in [5, 5.41) is 24.7. The van der Waals surface area contributed by atoms with E-state index in [0.29, 0.717) is 0 Å². The minimum atomic E-state index is -6.85. The van der Waals surface area contributed by atoms with Crippen LogP contribution < -0.4 is 0 Å². The molecule has 0 saturated carbocycles. The molecule has 0 bridgehead atoms. The molecule has 0 aliphatic carbocycles. The van der Waals surface area contributed by atoms with E-state index in [0.717, 1.165) is 0 Å². The second-order valence-electron chi connectivity index (χ2n) is 9.11. The maximum Gasteiger partial charge on any atom is 0.460 e. The van der Waals surface area contributed by atoms with Crippen molar-refractivity contribution in [2.24, 2.45) is 0 Å². The number of alkyl halides is 30. The van der Waals surface area contributed by atoms with Crippen LogP contribution in [0.15, 0.2) is 35.5 Å². The summed E-state index contributed by atoms with van der Waals surface area (Å²) >= 11 is 0. The summed E-state index contributed by atoms with van der Waals surface area (Å²) < 4.78 is 357. The standard InChI is InChI=1S/3C7H2F10O2.Pr/c3*8-4(9,6(13,14)7(15,16)17)2(18)1-3(19)5(10,11)12;/h3*1,18H;. The maximum atomic E-state index is 12.5. The van der Waals surface area contributed by atoms with E-state index in [2.05, 4.69) is 0 Å². The van der Waals surface area contributed by atoms with Crippen LogP contribution in [0.4, 0.5) is 132 Å². The first-order valence-corrected chi connectivity index (χ1v) is 11.7. The van der Waals surface area contributed by atoms with Gasteiger partial charge in [-0.05, 0) is 0 Å². The number of allylic oxidation sites excluding steroid dienone is 6. The van der Waals surface area contributed by atoms with Gasteiger partial charge in [0.15, 0.2) is 17.3 Å². The number of rotatable bonds is 9. The Morgan fingerprint density at radius 2 is 0.414 bits per heavy atom. The SMILES string of the molecule is O=C(C=C(O)C(F)(F)C(F)(F)C(F)(F)F)C(F)(F)F.O=C(C=C(O)C(F)(F)C(F)(F)C(F)(F)F)C(F)(F)F.O=C(C=C(O)C(F)(F)C(F)(F)C(F)(F)F)C(F)(F)F.[Pr]. The molecule has 0 aliphatic rings. The molecule has 0 atom stereocenters. The Bertz CT molecular complexity index is 1350. The van der Waals surface area contributed by atoms with E-state index in [1.807, 2.05) is 0 Å². The van der Waals surface area contributed by atoms with E-state index in [1.54, 1.807) is 0 Å². The molecule has 0 spiro atoms. The third-order valence-electron chi connectivity index (χ3n) is 4.86. The van der Waals surface area contributed by atoms with Gasteiger partial charge in [0.25, 0.3) is 17.3 Å². The molecule has 0 saturated heterocycles. The van der Waals surface area contributed by atoms with Crippen molar-refractivity contribution >= 4 is 17.3 Å². The molecule has 6 nitrogen and oxygen atoms in total. The summed E-state index contributed by atoms with van der Waals surface area (Å²) in [7, 11) is 0. The molecular weight excluding hydrogens is 1060 g/mol. The third kappa shape index (κ3) is 14.6. The number of hydrogen-bond donors (Lipinski definition) is 3. The molecule has 339 valence electrons.